The predicted octanol–water partition coefficient (Wildman–Crippen LogP) is 3.93. The second-order valence-corrected chi connectivity index (χ2v) is 7.63. The van der Waals surface area contributed by atoms with Gasteiger partial charge in [0.2, 0.25) is 6.29 Å². The van der Waals surface area contributed by atoms with Crippen LogP contribution in [-0.4, -0.2) is 18.4 Å². The van der Waals surface area contributed by atoms with Crippen LogP contribution in [0.4, 0.5) is 0 Å². The van der Waals surface area contributed by atoms with E-state index in [1.54, 1.807) is 6.92 Å². The Bertz CT molecular complexity index is 428. The normalized spacial score (nSPS) is 38.6. The zero-order valence-electron chi connectivity index (χ0n) is 13.5. The van der Waals surface area contributed by atoms with Gasteiger partial charge in [-0.25, -0.2) is 4.79 Å². The molecule has 6 unspecified atom stereocenters. The highest BCUT2D eigenvalue weighted by Crippen LogP contribution is 2.59. The molecule has 0 aromatic heterocycles. The van der Waals surface area contributed by atoms with E-state index in [9.17, 15) is 4.79 Å². The molecule has 3 aliphatic rings. The van der Waals surface area contributed by atoms with Gasteiger partial charge >= 0.3 is 5.97 Å². The molecule has 3 saturated carbocycles. The van der Waals surface area contributed by atoms with Gasteiger partial charge < -0.3 is 9.47 Å². The van der Waals surface area contributed by atoms with Crippen LogP contribution in [-0.2, 0) is 14.3 Å². The molecule has 3 aliphatic carbocycles. The van der Waals surface area contributed by atoms with Gasteiger partial charge in [-0.1, -0.05) is 26.8 Å². The van der Waals surface area contributed by atoms with E-state index in [-0.39, 0.29) is 11.9 Å². The maximum absolute atomic E-state index is 11.8. The number of ether oxygens (including phenoxy) is 2. The first-order valence-electron chi connectivity index (χ1n) is 8.49. The van der Waals surface area contributed by atoms with Gasteiger partial charge in [0, 0.05) is 11.5 Å². The Morgan fingerprint density at radius 3 is 2.52 bits per heavy atom. The molecule has 3 nitrogen and oxygen atoms in total. The van der Waals surface area contributed by atoms with Crippen molar-refractivity contribution in [1.82, 2.24) is 0 Å². The molecule has 0 aromatic carbocycles. The van der Waals surface area contributed by atoms with E-state index in [0.29, 0.717) is 17.6 Å². The van der Waals surface area contributed by atoms with Crippen molar-refractivity contribution in [2.45, 2.75) is 65.3 Å². The molecular weight excluding hydrogens is 264 g/mol. The summed E-state index contributed by atoms with van der Waals surface area (Å²) in [6, 6.07) is 0. The maximum Gasteiger partial charge on any atom is 0.335 e. The van der Waals surface area contributed by atoms with Crippen molar-refractivity contribution < 1.29 is 14.3 Å². The highest BCUT2D eigenvalue weighted by molar-refractivity contribution is 5.87. The van der Waals surface area contributed by atoms with Crippen molar-refractivity contribution in [3.05, 3.63) is 12.2 Å². The third kappa shape index (κ3) is 2.77. The highest BCUT2D eigenvalue weighted by atomic mass is 16.7. The zero-order chi connectivity index (χ0) is 15.1. The van der Waals surface area contributed by atoms with Gasteiger partial charge in [0.05, 0.1) is 6.10 Å². The average Bonchev–Trinajstić information content (AvgIpc) is 3.09. The Morgan fingerprint density at radius 1 is 1.14 bits per heavy atom. The maximum atomic E-state index is 11.8. The van der Waals surface area contributed by atoms with E-state index in [0.717, 1.165) is 17.8 Å². The van der Waals surface area contributed by atoms with Gasteiger partial charge in [0.25, 0.3) is 0 Å². The summed E-state index contributed by atoms with van der Waals surface area (Å²) in [6.45, 7) is 9.42. The summed E-state index contributed by atoms with van der Waals surface area (Å²) in [6.07, 6.45) is 6.56. The minimum absolute atomic E-state index is 0.173. The van der Waals surface area contributed by atoms with Crippen LogP contribution in [0.3, 0.4) is 0 Å². The van der Waals surface area contributed by atoms with Crippen LogP contribution in [0, 0.1) is 29.6 Å². The van der Waals surface area contributed by atoms with Gasteiger partial charge in [-0.3, -0.25) is 0 Å². The largest absolute Gasteiger partial charge is 0.432 e. The van der Waals surface area contributed by atoms with Crippen molar-refractivity contribution >= 4 is 5.97 Å². The number of esters is 1. The molecule has 3 fully saturated rings. The molecule has 0 saturated heterocycles. The summed E-state index contributed by atoms with van der Waals surface area (Å²) in [7, 11) is 0. The van der Waals surface area contributed by atoms with Crippen LogP contribution in [0.5, 0.6) is 0 Å². The molecule has 0 aliphatic heterocycles. The van der Waals surface area contributed by atoms with E-state index in [4.69, 9.17) is 9.47 Å². The standard InChI is InChI=1S/C18H28O3/c1-10(2)17(19)21-18(11(3)4)20-16-9-12-8-15(16)14-7-5-6-13(12)14/h11-16,18H,1,5-9H2,2-4H3. The van der Waals surface area contributed by atoms with Crippen LogP contribution < -0.4 is 0 Å². The molecule has 0 amide bonds. The molecule has 2 bridgehead atoms. The summed E-state index contributed by atoms with van der Waals surface area (Å²) in [4.78, 5) is 11.8. The molecule has 21 heavy (non-hydrogen) atoms. The number of hydrogen-bond acceptors (Lipinski definition) is 3. The third-order valence-electron chi connectivity index (χ3n) is 5.79. The van der Waals surface area contributed by atoms with E-state index < -0.39 is 6.29 Å². The second-order valence-electron chi connectivity index (χ2n) is 7.63. The van der Waals surface area contributed by atoms with E-state index in [1.807, 2.05) is 13.8 Å². The van der Waals surface area contributed by atoms with Gasteiger partial charge in [-0.15, -0.1) is 0 Å². The monoisotopic (exact) mass is 292 g/mol. The fraction of sp³-hybridized carbons (Fsp3) is 0.833. The molecule has 0 heterocycles. The molecule has 3 rings (SSSR count). The summed E-state index contributed by atoms with van der Waals surface area (Å²) in [5.41, 5.74) is 0.438. The number of fused-ring (bicyclic) bond motifs is 5. The fourth-order valence-electron chi connectivity index (χ4n) is 4.86. The topological polar surface area (TPSA) is 35.5 Å². The number of carbonyl (C=O) groups is 1. The van der Waals surface area contributed by atoms with Gasteiger partial charge in [-0.05, 0) is 56.3 Å². The first-order chi connectivity index (χ1) is 9.97. The zero-order valence-corrected chi connectivity index (χ0v) is 13.5. The smallest absolute Gasteiger partial charge is 0.335 e. The SMILES string of the molecule is C=C(C)C(=O)OC(OC1CC2CC1C1CCCC21)C(C)C. The molecule has 3 heteroatoms. The summed E-state index contributed by atoms with van der Waals surface area (Å²) in [5, 5.41) is 0. The first kappa shape index (κ1) is 15.1. The third-order valence-corrected chi connectivity index (χ3v) is 5.79. The van der Waals surface area contributed by atoms with E-state index >= 15 is 0 Å². The molecule has 118 valence electrons. The van der Waals surface area contributed by atoms with E-state index in [2.05, 4.69) is 6.58 Å². The number of carbonyl (C=O) groups excluding carboxylic acids is 1. The lowest BCUT2D eigenvalue weighted by molar-refractivity contribution is -0.206. The Hall–Kier alpha value is -0.830. The average molecular weight is 292 g/mol. The fourth-order valence-corrected chi connectivity index (χ4v) is 4.86. The Labute approximate surface area is 128 Å². The van der Waals surface area contributed by atoms with Crippen LogP contribution in [0.2, 0.25) is 0 Å². The Balaban J connectivity index is 1.62. The number of hydrogen-bond donors (Lipinski definition) is 0. The second kappa shape index (κ2) is 5.75. The summed E-state index contributed by atoms with van der Waals surface area (Å²) in [5.74, 6) is 3.23. The van der Waals surface area contributed by atoms with Crippen molar-refractivity contribution in [2.24, 2.45) is 29.6 Å². The van der Waals surface area contributed by atoms with Crippen LogP contribution >= 0.6 is 0 Å². The lowest BCUT2D eigenvalue weighted by Crippen LogP contribution is -2.37. The van der Waals surface area contributed by atoms with Gasteiger partial charge in [-0.2, -0.15) is 0 Å². The Morgan fingerprint density at radius 2 is 1.86 bits per heavy atom. The number of rotatable bonds is 5. The van der Waals surface area contributed by atoms with Crippen LogP contribution in [0.15, 0.2) is 12.2 Å². The van der Waals surface area contributed by atoms with Crippen molar-refractivity contribution in [3.8, 4) is 0 Å². The molecule has 6 atom stereocenters. The highest BCUT2D eigenvalue weighted by Gasteiger charge is 2.54. The van der Waals surface area contributed by atoms with Gasteiger partial charge in [0.15, 0.2) is 0 Å². The van der Waals surface area contributed by atoms with Crippen LogP contribution in [0.1, 0.15) is 52.9 Å². The Kier molecular flexibility index (Phi) is 4.13. The molecule has 0 N–H and O–H groups in total. The van der Waals surface area contributed by atoms with Crippen molar-refractivity contribution in [2.75, 3.05) is 0 Å². The predicted molar refractivity (Wildman–Crippen MR) is 81.5 cm³/mol. The lowest BCUT2D eigenvalue weighted by Gasteiger charge is -2.34. The molecule has 0 radical (unpaired) electrons. The minimum Gasteiger partial charge on any atom is -0.432 e. The van der Waals surface area contributed by atoms with Gasteiger partial charge in [0.1, 0.15) is 0 Å². The summed E-state index contributed by atoms with van der Waals surface area (Å²) >= 11 is 0. The molecule has 0 aromatic rings. The molecule has 0 spiro atoms. The van der Waals surface area contributed by atoms with Crippen molar-refractivity contribution in [1.29, 1.82) is 0 Å². The molecular formula is C18H28O3. The summed E-state index contributed by atoms with van der Waals surface area (Å²) < 4.78 is 11.7. The quantitative estimate of drug-likeness (QED) is 0.437. The van der Waals surface area contributed by atoms with Crippen LogP contribution in [0.25, 0.3) is 0 Å². The first-order valence-corrected chi connectivity index (χ1v) is 8.49. The van der Waals surface area contributed by atoms with E-state index in [1.165, 1.54) is 32.1 Å². The van der Waals surface area contributed by atoms with Crippen molar-refractivity contribution in [3.63, 3.8) is 0 Å². The lowest BCUT2D eigenvalue weighted by atomic mass is 9.80. The minimum atomic E-state index is -0.432.